The molecule has 1 amide bonds. The van der Waals surface area contributed by atoms with Gasteiger partial charge in [0.15, 0.2) is 0 Å². The van der Waals surface area contributed by atoms with Crippen LogP contribution < -0.4 is 5.73 Å². The van der Waals surface area contributed by atoms with Crippen molar-refractivity contribution in [3.05, 3.63) is 30.1 Å². The molecular weight excluding hydrogens is 214 g/mol. The third kappa shape index (κ3) is 3.53. The Bertz CT molecular complexity index is 358. The molecule has 0 bridgehead atoms. The van der Waals surface area contributed by atoms with Crippen LogP contribution in [0.25, 0.3) is 0 Å². The summed E-state index contributed by atoms with van der Waals surface area (Å²) in [5.74, 6) is 0.244. The van der Waals surface area contributed by atoms with E-state index in [1.165, 1.54) is 5.56 Å². The van der Waals surface area contributed by atoms with Gasteiger partial charge in [0.25, 0.3) is 0 Å². The van der Waals surface area contributed by atoms with Crippen molar-refractivity contribution in [1.82, 2.24) is 9.88 Å². The highest BCUT2D eigenvalue weighted by Gasteiger charge is 2.19. The van der Waals surface area contributed by atoms with Crippen molar-refractivity contribution in [3.8, 4) is 0 Å². The quantitative estimate of drug-likeness (QED) is 0.846. The van der Waals surface area contributed by atoms with Crippen LogP contribution in [0.2, 0.25) is 0 Å². The molecule has 1 aliphatic heterocycles. The molecule has 2 rings (SSSR count). The number of pyridine rings is 1. The molecule has 4 heteroatoms. The van der Waals surface area contributed by atoms with Crippen molar-refractivity contribution in [2.24, 2.45) is 5.73 Å². The zero-order chi connectivity index (χ0) is 12.1. The Kier molecular flexibility index (Phi) is 4.09. The van der Waals surface area contributed by atoms with E-state index < -0.39 is 0 Å². The second-order valence-corrected chi connectivity index (χ2v) is 4.57. The number of piperidine rings is 1. The van der Waals surface area contributed by atoms with E-state index in [4.69, 9.17) is 5.73 Å². The van der Waals surface area contributed by atoms with Gasteiger partial charge in [-0.1, -0.05) is 0 Å². The number of carbonyl (C=O) groups is 1. The summed E-state index contributed by atoms with van der Waals surface area (Å²) in [6.45, 7) is 1.63. The first-order valence-corrected chi connectivity index (χ1v) is 6.18. The van der Waals surface area contributed by atoms with Gasteiger partial charge in [0.05, 0.1) is 0 Å². The molecule has 4 nitrogen and oxygen atoms in total. The molecule has 92 valence electrons. The SMILES string of the molecule is NC1CCN(C(=O)CCc2ccncc2)CC1. The summed E-state index contributed by atoms with van der Waals surface area (Å²) in [5.41, 5.74) is 6.99. The van der Waals surface area contributed by atoms with E-state index in [1.54, 1.807) is 12.4 Å². The summed E-state index contributed by atoms with van der Waals surface area (Å²) in [5, 5.41) is 0. The molecule has 1 saturated heterocycles. The van der Waals surface area contributed by atoms with Crippen molar-refractivity contribution in [3.63, 3.8) is 0 Å². The lowest BCUT2D eigenvalue weighted by molar-refractivity contribution is -0.132. The Balaban J connectivity index is 1.78. The van der Waals surface area contributed by atoms with Gasteiger partial charge < -0.3 is 10.6 Å². The average Bonchev–Trinajstić information content (AvgIpc) is 2.38. The Morgan fingerprint density at radius 1 is 1.35 bits per heavy atom. The van der Waals surface area contributed by atoms with Gasteiger partial charge in [0.2, 0.25) is 5.91 Å². The summed E-state index contributed by atoms with van der Waals surface area (Å²) in [7, 11) is 0. The maximum absolute atomic E-state index is 11.9. The van der Waals surface area contributed by atoms with E-state index in [0.29, 0.717) is 6.42 Å². The zero-order valence-electron chi connectivity index (χ0n) is 10.0. The number of aromatic nitrogens is 1. The first kappa shape index (κ1) is 12.0. The fraction of sp³-hybridized carbons (Fsp3) is 0.538. The smallest absolute Gasteiger partial charge is 0.222 e. The van der Waals surface area contributed by atoms with Crippen LogP contribution in [-0.4, -0.2) is 34.9 Å². The number of nitrogens with two attached hydrogens (primary N) is 1. The van der Waals surface area contributed by atoms with Crippen molar-refractivity contribution in [1.29, 1.82) is 0 Å². The Morgan fingerprint density at radius 3 is 2.65 bits per heavy atom. The van der Waals surface area contributed by atoms with E-state index in [9.17, 15) is 4.79 Å². The largest absolute Gasteiger partial charge is 0.343 e. The maximum atomic E-state index is 11.9. The van der Waals surface area contributed by atoms with Gasteiger partial charge in [-0.3, -0.25) is 9.78 Å². The molecule has 0 aliphatic carbocycles. The van der Waals surface area contributed by atoms with Crippen molar-refractivity contribution in [2.75, 3.05) is 13.1 Å². The molecule has 1 fully saturated rings. The molecule has 0 atom stereocenters. The van der Waals surface area contributed by atoms with Gasteiger partial charge in [0.1, 0.15) is 0 Å². The summed E-state index contributed by atoms with van der Waals surface area (Å²) in [4.78, 5) is 17.8. The number of hydrogen-bond acceptors (Lipinski definition) is 3. The predicted octanol–water partition coefficient (Wildman–Crippen LogP) is 0.964. The minimum Gasteiger partial charge on any atom is -0.343 e. The number of hydrogen-bond donors (Lipinski definition) is 1. The molecule has 2 N–H and O–H groups in total. The van der Waals surface area contributed by atoms with Gasteiger partial charge in [0, 0.05) is 37.9 Å². The molecular formula is C13H19N3O. The first-order valence-electron chi connectivity index (χ1n) is 6.18. The molecule has 0 saturated carbocycles. The van der Waals surface area contributed by atoms with E-state index in [1.807, 2.05) is 17.0 Å². The van der Waals surface area contributed by atoms with Crippen LogP contribution in [0.4, 0.5) is 0 Å². The average molecular weight is 233 g/mol. The number of likely N-dealkylation sites (tertiary alicyclic amines) is 1. The van der Waals surface area contributed by atoms with Crippen LogP contribution in [0.5, 0.6) is 0 Å². The van der Waals surface area contributed by atoms with Gasteiger partial charge in [-0.05, 0) is 37.0 Å². The van der Waals surface area contributed by atoms with Crippen molar-refractivity contribution < 1.29 is 4.79 Å². The predicted molar refractivity (Wildman–Crippen MR) is 66.3 cm³/mol. The Labute approximate surface area is 102 Å². The molecule has 0 aromatic carbocycles. The molecule has 1 aliphatic rings. The normalized spacial score (nSPS) is 17.1. The van der Waals surface area contributed by atoms with Gasteiger partial charge in [-0.2, -0.15) is 0 Å². The second kappa shape index (κ2) is 5.77. The number of rotatable bonds is 3. The fourth-order valence-corrected chi connectivity index (χ4v) is 2.11. The van der Waals surface area contributed by atoms with Gasteiger partial charge in [-0.15, -0.1) is 0 Å². The highest BCUT2D eigenvalue weighted by Crippen LogP contribution is 2.11. The van der Waals surface area contributed by atoms with Crippen LogP contribution in [0.1, 0.15) is 24.8 Å². The lowest BCUT2D eigenvalue weighted by Gasteiger charge is -2.30. The van der Waals surface area contributed by atoms with Crippen molar-refractivity contribution in [2.45, 2.75) is 31.7 Å². The molecule has 0 unspecified atom stereocenters. The number of nitrogens with zero attached hydrogens (tertiary/aromatic N) is 2. The van der Waals surface area contributed by atoms with E-state index >= 15 is 0 Å². The van der Waals surface area contributed by atoms with Crippen LogP contribution in [0, 0.1) is 0 Å². The Hall–Kier alpha value is -1.42. The highest BCUT2D eigenvalue weighted by atomic mass is 16.2. The minimum atomic E-state index is 0.244. The van der Waals surface area contributed by atoms with Crippen LogP contribution in [0.3, 0.4) is 0 Å². The third-order valence-electron chi connectivity index (χ3n) is 3.27. The van der Waals surface area contributed by atoms with Crippen LogP contribution in [0.15, 0.2) is 24.5 Å². The van der Waals surface area contributed by atoms with Gasteiger partial charge in [-0.25, -0.2) is 0 Å². The van der Waals surface area contributed by atoms with E-state index in [-0.39, 0.29) is 11.9 Å². The highest BCUT2D eigenvalue weighted by molar-refractivity contribution is 5.76. The Morgan fingerprint density at radius 2 is 2.00 bits per heavy atom. The zero-order valence-corrected chi connectivity index (χ0v) is 10.0. The third-order valence-corrected chi connectivity index (χ3v) is 3.27. The lowest BCUT2D eigenvalue weighted by Crippen LogP contribution is -2.42. The molecule has 0 radical (unpaired) electrons. The van der Waals surface area contributed by atoms with E-state index in [2.05, 4.69) is 4.98 Å². The monoisotopic (exact) mass is 233 g/mol. The summed E-state index contributed by atoms with van der Waals surface area (Å²) in [6, 6.07) is 4.19. The topological polar surface area (TPSA) is 59.2 Å². The first-order chi connectivity index (χ1) is 8.25. The summed E-state index contributed by atoms with van der Waals surface area (Å²) >= 11 is 0. The van der Waals surface area contributed by atoms with Crippen molar-refractivity contribution >= 4 is 5.91 Å². The van der Waals surface area contributed by atoms with Crippen LogP contribution in [-0.2, 0) is 11.2 Å². The summed E-state index contributed by atoms with van der Waals surface area (Å²) in [6.07, 6.45) is 6.77. The summed E-state index contributed by atoms with van der Waals surface area (Å²) < 4.78 is 0. The molecule has 0 spiro atoms. The van der Waals surface area contributed by atoms with E-state index in [0.717, 1.165) is 32.4 Å². The number of carbonyl (C=O) groups excluding carboxylic acids is 1. The number of amides is 1. The number of aryl methyl sites for hydroxylation is 1. The standard InChI is InChI=1S/C13H19N3O/c14-12-5-9-16(10-6-12)13(17)2-1-11-3-7-15-8-4-11/h3-4,7-8,12H,1-2,5-6,9-10,14H2. The maximum Gasteiger partial charge on any atom is 0.222 e. The van der Waals surface area contributed by atoms with Gasteiger partial charge >= 0.3 is 0 Å². The molecule has 1 aromatic heterocycles. The second-order valence-electron chi connectivity index (χ2n) is 4.57. The fourth-order valence-electron chi connectivity index (χ4n) is 2.11. The molecule has 17 heavy (non-hydrogen) atoms. The molecule has 2 heterocycles. The molecule has 1 aromatic rings. The lowest BCUT2D eigenvalue weighted by atomic mass is 10.0. The minimum absolute atomic E-state index is 0.244. The van der Waals surface area contributed by atoms with Crippen LogP contribution >= 0.6 is 0 Å².